The smallest absolute Gasteiger partial charge is 0.147 e. The molecule has 0 aliphatic carbocycles. The number of benzene rings is 2. The van der Waals surface area contributed by atoms with E-state index in [1.807, 2.05) is 25.1 Å². The summed E-state index contributed by atoms with van der Waals surface area (Å²) in [6.45, 7) is 3.86. The van der Waals surface area contributed by atoms with Crippen LogP contribution in [0.1, 0.15) is 24.0 Å². The Morgan fingerprint density at radius 1 is 1.18 bits per heavy atom. The lowest BCUT2D eigenvalue weighted by atomic mass is 10.1. The highest BCUT2D eigenvalue weighted by Crippen LogP contribution is 2.26. The van der Waals surface area contributed by atoms with E-state index in [0.29, 0.717) is 10.7 Å². The lowest BCUT2D eigenvalue weighted by Gasteiger charge is -2.19. The zero-order valence-electron chi connectivity index (χ0n) is 12.5. The van der Waals surface area contributed by atoms with Crippen molar-refractivity contribution in [3.8, 4) is 0 Å². The van der Waals surface area contributed by atoms with Crippen molar-refractivity contribution < 1.29 is 4.39 Å². The summed E-state index contributed by atoms with van der Waals surface area (Å²) in [5, 5.41) is 0.641. The molecule has 4 heteroatoms. The van der Waals surface area contributed by atoms with Crippen LogP contribution < -0.4 is 4.90 Å². The molecular weight excluding hydrogens is 299 g/mol. The molecule has 0 amide bonds. The van der Waals surface area contributed by atoms with Gasteiger partial charge in [-0.25, -0.2) is 4.39 Å². The van der Waals surface area contributed by atoms with Crippen molar-refractivity contribution in [3.05, 3.63) is 58.4 Å². The Hall–Kier alpha value is -1.87. The molecule has 2 aromatic carbocycles. The lowest BCUT2D eigenvalue weighted by Crippen LogP contribution is -2.19. The van der Waals surface area contributed by atoms with Gasteiger partial charge in [-0.05, 0) is 61.2 Å². The van der Waals surface area contributed by atoms with Crippen molar-refractivity contribution in [2.24, 2.45) is 4.99 Å². The van der Waals surface area contributed by atoms with E-state index >= 15 is 0 Å². The van der Waals surface area contributed by atoms with Gasteiger partial charge in [-0.3, -0.25) is 4.99 Å². The van der Waals surface area contributed by atoms with Gasteiger partial charge < -0.3 is 4.90 Å². The summed E-state index contributed by atoms with van der Waals surface area (Å²) in [4.78, 5) is 6.49. The molecule has 22 heavy (non-hydrogen) atoms. The Labute approximate surface area is 135 Å². The molecule has 1 fully saturated rings. The highest BCUT2D eigenvalue weighted by Gasteiger charge is 2.17. The first kappa shape index (κ1) is 15.0. The molecule has 0 unspecified atom stereocenters. The molecule has 0 atom stereocenters. The van der Waals surface area contributed by atoms with Crippen LogP contribution in [0.15, 0.2) is 41.4 Å². The van der Waals surface area contributed by atoms with Crippen LogP contribution in [0.5, 0.6) is 0 Å². The van der Waals surface area contributed by atoms with Gasteiger partial charge in [0.1, 0.15) is 5.82 Å². The fourth-order valence-electron chi connectivity index (χ4n) is 2.72. The first-order valence-electron chi connectivity index (χ1n) is 7.48. The normalized spacial score (nSPS) is 15.0. The van der Waals surface area contributed by atoms with Crippen LogP contribution in [-0.2, 0) is 0 Å². The number of anilines is 1. The highest BCUT2D eigenvalue weighted by atomic mass is 35.5. The van der Waals surface area contributed by atoms with Crippen LogP contribution in [0.3, 0.4) is 0 Å². The van der Waals surface area contributed by atoms with E-state index in [4.69, 9.17) is 11.6 Å². The fourth-order valence-corrected chi connectivity index (χ4v) is 2.91. The van der Waals surface area contributed by atoms with Crippen LogP contribution in [0, 0.1) is 12.7 Å². The van der Waals surface area contributed by atoms with Crippen LogP contribution in [0.2, 0.25) is 5.02 Å². The summed E-state index contributed by atoms with van der Waals surface area (Å²) in [6, 6.07) is 10.8. The first-order valence-corrected chi connectivity index (χ1v) is 7.86. The van der Waals surface area contributed by atoms with Crippen LogP contribution in [-0.4, -0.2) is 19.3 Å². The van der Waals surface area contributed by atoms with Gasteiger partial charge in [0, 0.05) is 24.3 Å². The van der Waals surface area contributed by atoms with E-state index < -0.39 is 0 Å². The van der Waals surface area contributed by atoms with Crippen molar-refractivity contribution in [2.45, 2.75) is 19.8 Å². The summed E-state index contributed by atoms with van der Waals surface area (Å²) in [6.07, 6.45) is 3.96. The number of aliphatic imine (C=N–C) groups is 1. The van der Waals surface area contributed by atoms with Crippen molar-refractivity contribution in [2.75, 3.05) is 18.0 Å². The van der Waals surface area contributed by atoms with Gasteiger partial charge in [-0.2, -0.15) is 0 Å². The second-order valence-corrected chi connectivity index (χ2v) is 6.03. The molecule has 2 nitrogen and oxygen atoms in total. The largest absolute Gasteiger partial charge is 0.369 e. The molecule has 0 spiro atoms. The summed E-state index contributed by atoms with van der Waals surface area (Å²) < 4.78 is 14.3. The second-order valence-electron chi connectivity index (χ2n) is 5.59. The summed E-state index contributed by atoms with van der Waals surface area (Å²) in [7, 11) is 0. The number of rotatable bonds is 3. The van der Waals surface area contributed by atoms with E-state index in [1.54, 1.807) is 24.4 Å². The molecule has 0 saturated carbocycles. The minimum absolute atomic E-state index is 0.181. The van der Waals surface area contributed by atoms with E-state index in [-0.39, 0.29) is 5.82 Å². The van der Waals surface area contributed by atoms with E-state index in [1.165, 1.54) is 0 Å². The van der Waals surface area contributed by atoms with Gasteiger partial charge in [0.25, 0.3) is 0 Å². The SMILES string of the molecule is Cc1cc(N2CCCC2)c(F)cc1C=Nc1cccc(Cl)c1. The Bertz CT molecular complexity index is 706. The van der Waals surface area contributed by atoms with Gasteiger partial charge >= 0.3 is 0 Å². The van der Waals surface area contributed by atoms with Gasteiger partial charge in [0.15, 0.2) is 0 Å². The Morgan fingerprint density at radius 3 is 2.68 bits per heavy atom. The van der Waals surface area contributed by atoms with Gasteiger partial charge in [0.05, 0.1) is 11.4 Å². The monoisotopic (exact) mass is 316 g/mol. The van der Waals surface area contributed by atoms with E-state index in [0.717, 1.165) is 42.7 Å². The minimum atomic E-state index is -0.181. The Kier molecular flexibility index (Phi) is 4.44. The van der Waals surface area contributed by atoms with Crippen molar-refractivity contribution >= 4 is 29.2 Å². The number of hydrogen-bond donors (Lipinski definition) is 0. The van der Waals surface area contributed by atoms with Crippen LogP contribution in [0.25, 0.3) is 0 Å². The zero-order chi connectivity index (χ0) is 15.5. The molecule has 1 aliphatic heterocycles. The third-order valence-corrected chi connectivity index (χ3v) is 4.18. The van der Waals surface area contributed by atoms with Crippen LogP contribution >= 0.6 is 11.6 Å². The summed E-state index contributed by atoms with van der Waals surface area (Å²) >= 11 is 5.94. The lowest BCUT2D eigenvalue weighted by molar-refractivity contribution is 0.622. The summed E-state index contributed by atoms with van der Waals surface area (Å²) in [5.74, 6) is -0.181. The first-order chi connectivity index (χ1) is 10.6. The van der Waals surface area contributed by atoms with Gasteiger partial charge in [-0.1, -0.05) is 17.7 Å². The highest BCUT2D eigenvalue weighted by molar-refractivity contribution is 6.30. The number of nitrogens with zero attached hydrogens (tertiary/aromatic N) is 2. The number of hydrogen-bond acceptors (Lipinski definition) is 2. The Balaban J connectivity index is 1.86. The fraction of sp³-hybridized carbons (Fsp3) is 0.278. The number of aryl methyl sites for hydroxylation is 1. The molecule has 114 valence electrons. The molecule has 3 rings (SSSR count). The molecule has 1 saturated heterocycles. The third-order valence-electron chi connectivity index (χ3n) is 3.94. The average molecular weight is 317 g/mol. The zero-order valence-corrected chi connectivity index (χ0v) is 13.3. The Morgan fingerprint density at radius 2 is 1.95 bits per heavy atom. The van der Waals surface area contributed by atoms with E-state index in [2.05, 4.69) is 9.89 Å². The van der Waals surface area contributed by atoms with Crippen LogP contribution in [0.4, 0.5) is 15.8 Å². The van der Waals surface area contributed by atoms with Gasteiger partial charge in [-0.15, -0.1) is 0 Å². The predicted molar refractivity (Wildman–Crippen MR) is 91.3 cm³/mol. The maximum Gasteiger partial charge on any atom is 0.147 e. The van der Waals surface area contributed by atoms with Crippen molar-refractivity contribution in [1.82, 2.24) is 0 Å². The quantitative estimate of drug-likeness (QED) is 0.716. The van der Waals surface area contributed by atoms with Crippen molar-refractivity contribution in [1.29, 1.82) is 0 Å². The number of halogens is 2. The molecule has 1 heterocycles. The topological polar surface area (TPSA) is 15.6 Å². The van der Waals surface area contributed by atoms with Gasteiger partial charge in [0.2, 0.25) is 0 Å². The predicted octanol–water partition coefficient (Wildman–Crippen LogP) is 5.14. The molecule has 0 aromatic heterocycles. The average Bonchev–Trinajstić information content (AvgIpc) is 3.02. The molecule has 2 aromatic rings. The molecule has 0 radical (unpaired) electrons. The molecular formula is C18H18ClFN2. The maximum absolute atomic E-state index is 14.3. The minimum Gasteiger partial charge on any atom is -0.369 e. The second kappa shape index (κ2) is 6.49. The third kappa shape index (κ3) is 3.30. The maximum atomic E-state index is 14.3. The molecule has 0 N–H and O–H groups in total. The van der Waals surface area contributed by atoms with E-state index in [9.17, 15) is 4.39 Å². The standard InChI is InChI=1S/C18H18ClFN2/c1-13-9-18(22-7-2-3-8-22)17(20)10-14(13)12-21-16-6-4-5-15(19)11-16/h4-6,9-12H,2-3,7-8H2,1H3. The summed E-state index contributed by atoms with van der Waals surface area (Å²) in [5.41, 5.74) is 3.28. The molecule has 1 aliphatic rings. The van der Waals surface area contributed by atoms with Crippen molar-refractivity contribution in [3.63, 3.8) is 0 Å². The molecule has 0 bridgehead atoms.